The minimum atomic E-state index is -0.376. The van der Waals surface area contributed by atoms with Crippen LogP contribution in [0.2, 0.25) is 5.02 Å². The quantitative estimate of drug-likeness (QED) is 0.264. The van der Waals surface area contributed by atoms with Crippen LogP contribution in [0.5, 0.6) is 0 Å². The van der Waals surface area contributed by atoms with Gasteiger partial charge >= 0.3 is 5.63 Å². The molecule has 2 saturated heterocycles. The van der Waals surface area contributed by atoms with Crippen molar-refractivity contribution in [1.82, 2.24) is 15.0 Å². The van der Waals surface area contributed by atoms with Crippen molar-refractivity contribution in [1.29, 1.82) is 0 Å². The Kier molecular flexibility index (Phi) is 6.07. The van der Waals surface area contributed by atoms with Crippen LogP contribution in [-0.2, 0) is 6.42 Å². The molecule has 6 rings (SSSR count). The van der Waals surface area contributed by atoms with E-state index in [0.717, 1.165) is 78.3 Å². The summed E-state index contributed by atoms with van der Waals surface area (Å²) in [5.41, 5.74) is 15.0. The lowest BCUT2D eigenvalue weighted by Gasteiger charge is -2.19. The molecule has 1 aromatic carbocycles. The third-order valence-electron chi connectivity index (χ3n) is 6.97. The van der Waals surface area contributed by atoms with Crippen molar-refractivity contribution < 1.29 is 4.42 Å². The third-order valence-corrected chi connectivity index (χ3v) is 8.24. The number of anilines is 2. The number of benzene rings is 1. The van der Waals surface area contributed by atoms with Crippen LogP contribution in [0.3, 0.4) is 0 Å². The lowest BCUT2D eigenvalue weighted by molar-refractivity contribution is 0.560. The molecule has 11 heteroatoms. The number of halogens is 1. The van der Waals surface area contributed by atoms with Gasteiger partial charge in [-0.2, -0.15) is 0 Å². The third kappa shape index (κ3) is 4.21. The van der Waals surface area contributed by atoms with E-state index in [2.05, 4.69) is 21.7 Å². The van der Waals surface area contributed by atoms with Gasteiger partial charge in [-0.05, 0) is 49.2 Å². The second-order valence-corrected chi connectivity index (χ2v) is 10.9. The monoisotopic (exact) mass is 525 g/mol. The second kappa shape index (κ2) is 9.26. The summed E-state index contributed by atoms with van der Waals surface area (Å²) >= 11 is 8.14. The predicted molar refractivity (Wildman–Crippen MR) is 144 cm³/mol. The molecule has 0 unspecified atom stereocenters. The number of rotatable bonds is 5. The zero-order valence-corrected chi connectivity index (χ0v) is 21.5. The molecular formula is C25H28ClN7O2S. The maximum Gasteiger partial charge on any atom is 0.338 e. The largest absolute Gasteiger partial charge is 0.423 e. The smallest absolute Gasteiger partial charge is 0.338 e. The topological polar surface area (TPSA) is 130 Å². The number of nitrogens with zero attached hydrogens (tertiary/aromatic N) is 4. The van der Waals surface area contributed by atoms with Gasteiger partial charge in [0.15, 0.2) is 5.16 Å². The van der Waals surface area contributed by atoms with Gasteiger partial charge in [0.1, 0.15) is 17.0 Å². The molecule has 4 aromatic rings. The first-order valence-electron chi connectivity index (χ1n) is 12.2. The van der Waals surface area contributed by atoms with E-state index < -0.39 is 0 Å². The Morgan fingerprint density at radius 2 is 1.89 bits per heavy atom. The van der Waals surface area contributed by atoms with Crippen molar-refractivity contribution in [2.45, 2.75) is 48.3 Å². The molecule has 2 aliphatic heterocycles. The number of aryl methyl sites for hydroxylation is 1. The maximum absolute atomic E-state index is 12.4. The molecule has 5 heterocycles. The van der Waals surface area contributed by atoms with Gasteiger partial charge in [-0.1, -0.05) is 18.5 Å². The van der Waals surface area contributed by atoms with Gasteiger partial charge in [0.25, 0.3) is 0 Å². The van der Waals surface area contributed by atoms with Crippen molar-refractivity contribution >= 4 is 56.9 Å². The summed E-state index contributed by atoms with van der Waals surface area (Å²) in [6.45, 7) is 5.15. The molecule has 36 heavy (non-hydrogen) atoms. The molecular weight excluding hydrogens is 498 g/mol. The van der Waals surface area contributed by atoms with Crippen LogP contribution < -0.4 is 26.9 Å². The van der Waals surface area contributed by atoms with E-state index in [4.69, 9.17) is 37.5 Å². The number of nitrogens with two attached hydrogens (primary N) is 2. The van der Waals surface area contributed by atoms with Crippen molar-refractivity contribution in [3.63, 3.8) is 0 Å². The van der Waals surface area contributed by atoms with E-state index in [1.165, 1.54) is 11.8 Å². The predicted octanol–water partition coefficient (Wildman–Crippen LogP) is 3.51. The van der Waals surface area contributed by atoms with E-state index in [1.807, 2.05) is 18.2 Å². The normalized spacial score (nSPS) is 20.3. The van der Waals surface area contributed by atoms with Gasteiger partial charge in [-0.25, -0.2) is 14.8 Å². The molecule has 3 aromatic heterocycles. The van der Waals surface area contributed by atoms with Crippen LogP contribution in [0.1, 0.15) is 25.5 Å². The first-order chi connectivity index (χ1) is 17.4. The maximum atomic E-state index is 12.4. The SMILES string of the molecule is CCc1[nH]c2nc(Sc3ccc4c(N5CC[C@H](N)C5)cc(=O)oc4c3)nc(N3CC[C@@H](N)C3)c2c1Cl. The summed E-state index contributed by atoms with van der Waals surface area (Å²) in [6, 6.07) is 7.64. The van der Waals surface area contributed by atoms with Crippen molar-refractivity contribution in [2.75, 3.05) is 36.0 Å². The van der Waals surface area contributed by atoms with E-state index in [-0.39, 0.29) is 17.7 Å². The molecule has 0 spiro atoms. The fourth-order valence-electron chi connectivity index (χ4n) is 5.13. The fraction of sp³-hybridized carbons (Fsp3) is 0.400. The Morgan fingerprint density at radius 1 is 1.14 bits per heavy atom. The van der Waals surface area contributed by atoms with Crippen LogP contribution >= 0.6 is 23.4 Å². The summed E-state index contributed by atoms with van der Waals surface area (Å²) in [4.78, 5) is 30.6. The van der Waals surface area contributed by atoms with Crippen LogP contribution in [0.4, 0.5) is 11.5 Å². The summed E-state index contributed by atoms with van der Waals surface area (Å²) in [6.07, 6.45) is 2.58. The first-order valence-corrected chi connectivity index (χ1v) is 13.4. The van der Waals surface area contributed by atoms with E-state index >= 15 is 0 Å². The summed E-state index contributed by atoms with van der Waals surface area (Å²) in [7, 11) is 0. The van der Waals surface area contributed by atoms with Crippen molar-refractivity contribution in [3.05, 3.63) is 45.4 Å². The standard InChI is InChI=1S/C25H28ClN7O2S/c1-2-17-22(26)21-23(29-17)30-25(31-24(21)33-8-6-14(28)12-33)36-15-3-4-16-18(32-7-5-13(27)11-32)10-20(34)35-19(16)9-15/h3-4,9-10,13-14H,2,5-8,11-12,27-28H2,1H3,(H,29,30,31)/t13-,14+/m0/s1. The average molecular weight is 526 g/mol. The molecule has 9 nitrogen and oxygen atoms in total. The fourth-order valence-corrected chi connectivity index (χ4v) is 6.27. The summed E-state index contributed by atoms with van der Waals surface area (Å²) < 4.78 is 5.57. The molecule has 188 valence electrons. The highest BCUT2D eigenvalue weighted by Gasteiger charge is 2.26. The van der Waals surface area contributed by atoms with E-state index in [1.54, 1.807) is 6.07 Å². The van der Waals surface area contributed by atoms with Crippen LogP contribution in [-0.4, -0.2) is 53.2 Å². The first kappa shape index (κ1) is 23.6. The van der Waals surface area contributed by atoms with Gasteiger partial charge in [0.2, 0.25) is 0 Å². The zero-order chi connectivity index (χ0) is 25.0. The lowest BCUT2D eigenvalue weighted by Crippen LogP contribution is -2.27. The second-order valence-electron chi connectivity index (χ2n) is 9.52. The van der Waals surface area contributed by atoms with Crippen LogP contribution in [0, 0.1) is 0 Å². The zero-order valence-electron chi connectivity index (χ0n) is 20.0. The Labute approximate surface area is 217 Å². The summed E-state index contributed by atoms with van der Waals surface area (Å²) in [5.74, 6) is 0.802. The van der Waals surface area contributed by atoms with Gasteiger partial charge in [0, 0.05) is 60.3 Å². The highest BCUT2D eigenvalue weighted by Crippen LogP contribution is 2.38. The number of hydrogen-bond acceptors (Lipinski definition) is 9. The van der Waals surface area contributed by atoms with E-state index in [0.29, 0.717) is 21.4 Å². The Bertz CT molecular complexity index is 1520. The average Bonchev–Trinajstić information content (AvgIpc) is 3.56. The molecule has 0 radical (unpaired) electrons. The molecule has 0 aliphatic carbocycles. The molecule has 2 fully saturated rings. The van der Waals surface area contributed by atoms with Crippen molar-refractivity contribution in [2.24, 2.45) is 11.5 Å². The Morgan fingerprint density at radius 3 is 2.58 bits per heavy atom. The molecule has 0 saturated carbocycles. The number of nitrogens with one attached hydrogen (secondary N) is 1. The van der Waals surface area contributed by atoms with Crippen LogP contribution in [0.25, 0.3) is 22.0 Å². The van der Waals surface area contributed by atoms with Crippen LogP contribution in [0.15, 0.2) is 43.5 Å². The number of aromatic nitrogens is 3. The number of aromatic amines is 1. The number of H-pyrrole nitrogens is 1. The Hall–Kier alpha value is -2.79. The number of fused-ring (bicyclic) bond motifs is 2. The molecule has 0 amide bonds. The van der Waals surface area contributed by atoms with E-state index in [9.17, 15) is 4.79 Å². The van der Waals surface area contributed by atoms with Gasteiger partial charge in [-0.15, -0.1) is 0 Å². The highest BCUT2D eigenvalue weighted by molar-refractivity contribution is 7.99. The number of hydrogen-bond donors (Lipinski definition) is 3. The lowest BCUT2D eigenvalue weighted by atomic mass is 10.2. The minimum absolute atomic E-state index is 0.109. The highest BCUT2D eigenvalue weighted by atomic mass is 35.5. The van der Waals surface area contributed by atoms with Gasteiger partial charge < -0.3 is 30.7 Å². The molecule has 5 N–H and O–H groups in total. The summed E-state index contributed by atoms with van der Waals surface area (Å²) in [5, 5.41) is 2.98. The minimum Gasteiger partial charge on any atom is -0.423 e. The molecule has 2 atom stereocenters. The van der Waals surface area contributed by atoms with Crippen molar-refractivity contribution in [3.8, 4) is 0 Å². The molecule has 0 bridgehead atoms. The van der Waals surface area contributed by atoms with Gasteiger partial charge in [-0.3, -0.25) is 0 Å². The Balaban J connectivity index is 1.39. The molecule has 2 aliphatic rings. The van der Waals surface area contributed by atoms with Gasteiger partial charge in [0.05, 0.1) is 16.1 Å².